The lowest BCUT2D eigenvalue weighted by molar-refractivity contribution is -0.137. The van der Waals surface area contributed by atoms with Crippen LogP contribution < -0.4 is 16.0 Å². The summed E-state index contributed by atoms with van der Waals surface area (Å²) in [7, 11) is 0. The molecule has 2 amide bonds. The van der Waals surface area contributed by atoms with Crippen LogP contribution in [0.15, 0.2) is 30.3 Å². The molecule has 2 aromatic rings. The summed E-state index contributed by atoms with van der Waals surface area (Å²) < 4.78 is 27.6. The monoisotopic (exact) mass is 629 g/mol. The van der Waals surface area contributed by atoms with E-state index >= 15 is 0 Å². The molecular formula is C31H43Cl2F2N3O4. The third-order valence-electron chi connectivity index (χ3n) is 6.39. The van der Waals surface area contributed by atoms with Gasteiger partial charge in [0.25, 0.3) is 0 Å². The van der Waals surface area contributed by atoms with E-state index in [0.29, 0.717) is 49.1 Å². The summed E-state index contributed by atoms with van der Waals surface area (Å²) in [4.78, 5) is 30.8. The maximum absolute atomic E-state index is 14.1. The van der Waals surface area contributed by atoms with Crippen molar-refractivity contribution in [1.82, 2.24) is 10.6 Å². The summed E-state index contributed by atoms with van der Waals surface area (Å²) in [5.74, 6) is -1.87. The zero-order chi connectivity index (χ0) is 31.9. The number of unbranched alkanes of at least 4 members (excludes halogenated alkanes) is 3. The van der Waals surface area contributed by atoms with Crippen molar-refractivity contribution in [3.05, 3.63) is 63.1 Å². The number of halogens is 4. The zero-order valence-corrected chi connectivity index (χ0v) is 26.5. The van der Waals surface area contributed by atoms with Crippen molar-refractivity contribution < 1.29 is 28.3 Å². The highest BCUT2D eigenvalue weighted by Crippen LogP contribution is 2.46. The van der Waals surface area contributed by atoms with E-state index in [4.69, 9.17) is 28.3 Å². The average molecular weight is 631 g/mol. The van der Waals surface area contributed by atoms with Crippen molar-refractivity contribution in [3.63, 3.8) is 0 Å². The van der Waals surface area contributed by atoms with Crippen LogP contribution in [0.2, 0.25) is 10.0 Å². The first kappa shape index (κ1) is 37.3. The predicted octanol–water partition coefficient (Wildman–Crippen LogP) is 7.30. The molecule has 2 unspecified atom stereocenters. The van der Waals surface area contributed by atoms with Crippen LogP contribution >= 0.6 is 23.2 Å². The molecule has 2 aromatic carbocycles. The van der Waals surface area contributed by atoms with E-state index in [1.807, 2.05) is 6.92 Å². The second-order valence-electron chi connectivity index (χ2n) is 12.0. The molecule has 0 saturated carbocycles. The van der Waals surface area contributed by atoms with Gasteiger partial charge in [-0.15, -0.1) is 0 Å². The molecule has 2 atom stereocenters. The molecule has 234 valence electrons. The number of carboxylic acid groups (broad SMARTS) is 1. The third kappa shape index (κ3) is 13.0. The van der Waals surface area contributed by atoms with Crippen LogP contribution in [0.3, 0.4) is 0 Å². The van der Waals surface area contributed by atoms with Crippen molar-refractivity contribution in [2.75, 3.05) is 25.0 Å². The normalized spacial score (nSPS) is 17.7. The average Bonchev–Trinajstić information content (AvgIpc) is 3.29. The Morgan fingerprint density at radius 1 is 1.02 bits per heavy atom. The number of benzene rings is 2. The Labute approximate surface area is 257 Å². The SMILES string of the molecule is CC(C)(C)C.CC1(c2cc(F)c(Cl)cc2NC=O)CNCC1c1ccc(F)c(Cl)c1.O=CNCCCCCCC(=O)O. The fourth-order valence-corrected chi connectivity index (χ4v) is 4.79. The minimum atomic E-state index is -0.735. The van der Waals surface area contributed by atoms with Crippen LogP contribution in [0.5, 0.6) is 0 Å². The number of carbonyl (C=O) groups is 3. The van der Waals surface area contributed by atoms with Gasteiger partial charge < -0.3 is 21.1 Å². The smallest absolute Gasteiger partial charge is 0.303 e. The molecule has 42 heavy (non-hydrogen) atoms. The molecule has 1 saturated heterocycles. The molecule has 0 bridgehead atoms. The largest absolute Gasteiger partial charge is 0.481 e. The van der Waals surface area contributed by atoms with Gasteiger partial charge >= 0.3 is 5.97 Å². The van der Waals surface area contributed by atoms with E-state index in [1.54, 1.807) is 12.1 Å². The fourth-order valence-electron chi connectivity index (χ4n) is 4.44. The number of carboxylic acids is 1. The Hall–Kier alpha value is -2.75. The van der Waals surface area contributed by atoms with Gasteiger partial charge in [-0.25, -0.2) is 8.78 Å². The molecule has 1 heterocycles. The Morgan fingerprint density at radius 2 is 1.64 bits per heavy atom. The maximum atomic E-state index is 14.1. The Bertz CT molecular complexity index is 1170. The van der Waals surface area contributed by atoms with Gasteiger partial charge in [0.2, 0.25) is 12.8 Å². The minimum Gasteiger partial charge on any atom is -0.481 e. The molecule has 4 N–H and O–H groups in total. The molecule has 3 rings (SSSR count). The van der Waals surface area contributed by atoms with Crippen molar-refractivity contribution in [2.24, 2.45) is 5.41 Å². The first-order chi connectivity index (χ1) is 19.6. The number of hydrogen-bond acceptors (Lipinski definition) is 4. The van der Waals surface area contributed by atoms with Crippen LogP contribution in [0, 0.1) is 17.0 Å². The topological polar surface area (TPSA) is 108 Å². The van der Waals surface area contributed by atoms with Crippen molar-refractivity contribution in [1.29, 1.82) is 0 Å². The number of carbonyl (C=O) groups excluding carboxylic acids is 2. The lowest BCUT2D eigenvalue weighted by Gasteiger charge is -2.33. The van der Waals surface area contributed by atoms with Gasteiger partial charge in [-0.3, -0.25) is 14.4 Å². The van der Waals surface area contributed by atoms with Crippen molar-refractivity contribution >= 4 is 47.7 Å². The molecule has 1 aliphatic rings. The maximum Gasteiger partial charge on any atom is 0.303 e. The van der Waals surface area contributed by atoms with Gasteiger partial charge in [-0.2, -0.15) is 0 Å². The molecule has 0 aromatic heterocycles. The number of amides is 2. The molecule has 7 nitrogen and oxygen atoms in total. The highest BCUT2D eigenvalue weighted by Gasteiger charge is 2.43. The summed E-state index contributed by atoms with van der Waals surface area (Å²) >= 11 is 11.8. The van der Waals surface area contributed by atoms with Gasteiger partial charge in [-0.1, -0.05) is 76.7 Å². The zero-order valence-electron chi connectivity index (χ0n) is 25.0. The number of aliphatic carboxylic acids is 1. The Balaban J connectivity index is 0.000000433. The van der Waals surface area contributed by atoms with E-state index in [9.17, 15) is 23.2 Å². The number of hydrogen-bond donors (Lipinski definition) is 4. The highest BCUT2D eigenvalue weighted by atomic mass is 35.5. The van der Waals surface area contributed by atoms with Crippen molar-refractivity contribution in [3.8, 4) is 0 Å². The molecule has 11 heteroatoms. The second kappa shape index (κ2) is 18.0. The first-order valence-electron chi connectivity index (χ1n) is 13.9. The Morgan fingerprint density at radius 3 is 2.21 bits per heavy atom. The van der Waals surface area contributed by atoms with E-state index in [0.717, 1.165) is 31.2 Å². The lowest BCUT2D eigenvalue weighted by Crippen LogP contribution is -2.31. The van der Waals surface area contributed by atoms with Gasteiger partial charge in [0, 0.05) is 43.1 Å². The quantitative estimate of drug-likeness (QED) is 0.145. The summed E-state index contributed by atoms with van der Waals surface area (Å²) in [5, 5.41) is 16.7. The summed E-state index contributed by atoms with van der Waals surface area (Å²) in [5.41, 5.74) is 1.87. The molecular weight excluding hydrogens is 587 g/mol. The van der Waals surface area contributed by atoms with Crippen LogP contribution in [-0.2, 0) is 19.8 Å². The molecule has 1 aliphatic heterocycles. The number of rotatable bonds is 12. The Kier molecular flexibility index (Phi) is 16.0. The van der Waals surface area contributed by atoms with Gasteiger partial charge in [-0.05, 0) is 53.6 Å². The first-order valence-corrected chi connectivity index (χ1v) is 14.6. The molecule has 0 radical (unpaired) electrons. The molecule has 0 spiro atoms. The van der Waals surface area contributed by atoms with Crippen LogP contribution in [0.1, 0.15) is 83.8 Å². The number of anilines is 1. The second-order valence-corrected chi connectivity index (χ2v) is 12.8. The fraction of sp³-hybridized carbons (Fsp3) is 0.516. The standard InChI is InChI=1S/C18H16Cl2F2N2O.C8H15NO3.C5H12/c1-18(11-5-16(22)14(20)6-17(11)24-9-25)8-23-7-12(18)10-2-3-15(21)13(19)4-10;10-7-9-6-4-2-1-3-5-8(11)12;1-5(2,3)4/h2-6,9,12,23H,7-8H2,1H3,(H,24,25);7H,1-6H2,(H,9,10)(H,11,12);1-4H3. The van der Waals surface area contributed by atoms with E-state index in [2.05, 4.69) is 43.6 Å². The highest BCUT2D eigenvalue weighted by molar-refractivity contribution is 6.31. The van der Waals surface area contributed by atoms with E-state index in [1.165, 1.54) is 18.2 Å². The van der Waals surface area contributed by atoms with Gasteiger partial charge in [0.1, 0.15) is 11.6 Å². The van der Waals surface area contributed by atoms with E-state index < -0.39 is 23.0 Å². The van der Waals surface area contributed by atoms with Crippen LogP contribution in [0.4, 0.5) is 14.5 Å². The summed E-state index contributed by atoms with van der Waals surface area (Å²) in [6, 6.07) is 7.34. The van der Waals surface area contributed by atoms with Gasteiger partial charge in [0.15, 0.2) is 0 Å². The molecule has 0 aliphatic carbocycles. The third-order valence-corrected chi connectivity index (χ3v) is 6.97. The van der Waals surface area contributed by atoms with Crippen LogP contribution in [0.25, 0.3) is 0 Å². The number of nitrogens with one attached hydrogen (secondary N) is 3. The predicted molar refractivity (Wildman–Crippen MR) is 165 cm³/mol. The minimum absolute atomic E-state index is 0.0419. The van der Waals surface area contributed by atoms with Gasteiger partial charge in [0.05, 0.1) is 10.0 Å². The van der Waals surface area contributed by atoms with Crippen molar-refractivity contribution in [2.45, 2.75) is 78.1 Å². The lowest BCUT2D eigenvalue weighted by atomic mass is 9.70. The van der Waals surface area contributed by atoms with Crippen LogP contribution in [-0.4, -0.2) is 43.5 Å². The molecule has 1 fully saturated rings. The summed E-state index contributed by atoms with van der Waals surface area (Å²) in [6.07, 6.45) is 5.02. The summed E-state index contributed by atoms with van der Waals surface area (Å²) in [6.45, 7) is 12.6. The van der Waals surface area contributed by atoms with E-state index in [-0.39, 0.29) is 22.4 Å².